The summed E-state index contributed by atoms with van der Waals surface area (Å²) in [7, 11) is 4.77. The van der Waals surface area contributed by atoms with Crippen LogP contribution in [-0.4, -0.2) is 26.3 Å². The van der Waals surface area contributed by atoms with E-state index in [1.807, 2.05) is 36.4 Å². The van der Waals surface area contributed by atoms with Crippen LogP contribution in [0.25, 0.3) is 11.1 Å². The summed E-state index contributed by atoms with van der Waals surface area (Å²) in [6.45, 7) is 0.517. The van der Waals surface area contributed by atoms with Crippen LogP contribution in [0, 0.1) is 0 Å². The van der Waals surface area contributed by atoms with E-state index < -0.39 is 0 Å². The summed E-state index contributed by atoms with van der Waals surface area (Å²) in [5.74, 6) is 1.79. The molecule has 1 heterocycles. The molecule has 0 aliphatic rings. The van der Waals surface area contributed by atoms with Crippen LogP contribution in [0.4, 0.5) is 6.01 Å². The van der Waals surface area contributed by atoms with Gasteiger partial charge in [0, 0.05) is 6.54 Å². The van der Waals surface area contributed by atoms with E-state index in [1.54, 1.807) is 21.3 Å². The number of methoxy groups -OCH3 is 3. The lowest BCUT2D eigenvalue weighted by molar-refractivity contribution is 0.324. The number of nitrogens with one attached hydrogen (secondary N) is 1. The Morgan fingerprint density at radius 2 is 1.70 bits per heavy atom. The number of hydrogen-bond acceptors (Lipinski definition) is 6. The fourth-order valence-electron chi connectivity index (χ4n) is 2.36. The maximum atomic E-state index is 5.64. The molecule has 2 aromatic carbocycles. The maximum absolute atomic E-state index is 5.64. The minimum Gasteiger partial charge on any atom is -0.493 e. The molecule has 0 radical (unpaired) electrons. The van der Waals surface area contributed by atoms with Crippen LogP contribution in [-0.2, 0) is 6.54 Å². The third-order valence-corrected chi connectivity index (χ3v) is 3.46. The van der Waals surface area contributed by atoms with Crippen molar-refractivity contribution >= 4 is 17.1 Å². The molecule has 23 heavy (non-hydrogen) atoms. The number of hydrogen-bond donors (Lipinski definition) is 1. The first-order valence-electron chi connectivity index (χ1n) is 7.13. The number of benzene rings is 2. The fourth-order valence-corrected chi connectivity index (χ4v) is 2.36. The predicted molar refractivity (Wildman–Crippen MR) is 87.4 cm³/mol. The van der Waals surface area contributed by atoms with E-state index in [0.29, 0.717) is 29.8 Å². The Bertz CT molecular complexity index is 755. The summed E-state index contributed by atoms with van der Waals surface area (Å²) in [6, 6.07) is 11.9. The summed E-state index contributed by atoms with van der Waals surface area (Å²) in [6.07, 6.45) is 0. The largest absolute Gasteiger partial charge is 0.493 e. The highest BCUT2D eigenvalue weighted by Crippen LogP contribution is 2.38. The van der Waals surface area contributed by atoms with Crippen LogP contribution in [0.3, 0.4) is 0 Å². The molecular weight excluding hydrogens is 296 g/mol. The van der Waals surface area contributed by atoms with E-state index in [2.05, 4.69) is 10.3 Å². The van der Waals surface area contributed by atoms with Crippen molar-refractivity contribution < 1.29 is 18.6 Å². The van der Waals surface area contributed by atoms with E-state index in [4.69, 9.17) is 18.6 Å². The molecule has 0 saturated carbocycles. The van der Waals surface area contributed by atoms with Crippen LogP contribution >= 0.6 is 0 Å². The molecule has 1 N–H and O–H groups in total. The summed E-state index contributed by atoms with van der Waals surface area (Å²) in [5, 5.41) is 3.16. The number of fused-ring (bicyclic) bond motifs is 1. The molecule has 0 spiro atoms. The van der Waals surface area contributed by atoms with Crippen LogP contribution in [0.1, 0.15) is 5.56 Å². The standard InChI is InChI=1S/C17H18N2O4/c1-20-14-8-11(9-15(21-2)16(14)22-3)10-18-17-19-12-6-4-5-7-13(12)23-17/h4-9H,10H2,1-3H3,(H,18,19). The first-order chi connectivity index (χ1) is 11.2. The third kappa shape index (κ3) is 3.01. The molecular formula is C17H18N2O4. The van der Waals surface area contributed by atoms with E-state index in [9.17, 15) is 0 Å². The molecule has 0 saturated heterocycles. The van der Waals surface area contributed by atoms with Gasteiger partial charge < -0.3 is 23.9 Å². The summed E-state index contributed by atoms with van der Waals surface area (Å²) < 4.78 is 21.6. The van der Waals surface area contributed by atoms with E-state index in [0.717, 1.165) is 16.7 Å². The highest BCUT2D eigenvalue weighted by atomic mass is 16.5. The molecule has 0 amide bonds. The fraction of sp³-hybridized carbons (Fsp3) is 0.235. The number of oxazole rings is 1. The maximum Gasteiger partial charge on any atom is 0.295 e. The summed E-state index contributed by atoms with van der Waals surface area (Å²) in [4.78, 5) is 4.38. The number of anilines is 1. The first-order valence-corrected chi connectivity index (χ1v) is 7.13. The minimum absolute atomic E-state index is 0.472. The number of aromatic nitrogens is 1. The SMILES string of the molecule is COc1cc(CNc2nc3ccccc3o2)cc(OC)c1OC. The van der Waals surface area contributed by atoms with Crippen molar-refractivity contribution in [3.05, 3.63) is 42.0 Å². The molecule has 3 aromatic rings. The minimum atomic E-state index is 0.472. The molecule has 6 nitrogen and oxygen atoms in total. The van der Waals surface area contributed by atoms with Gasteiger partial charge >= 0.3 is 0 Å². The highest BCUT2D eigenvalue weighted by molar-refractivity contribution is 5.74. The predicted octanol–water partition coefficient (Wildman–Crippen LogP) is 3.47. The Morgan fingerprint density at radius 1 is 1.00 bits per heavy atom. The molecule has 0 unspecified atom stereocenters. The van der Waals surface area contributed by atoms with Gasteiger partial charge in [-0.3, -0.25) is 0 Å². The molecule has 120 valence electrons. The Hall–Kier alpha value is -2.89. The molecule has 0 fully saturated rings. The van der Waals surface area contributed by atoms with Gasteiger partial charge in [-0.05, 0) is 29.8 Å². The third-order valence-electron chi connectivity index (χ3n) is 3.46. The second-order valence-corrected chi connectivity index (χ2v) is 4.87. The second kappa shape index (κ2) is 6.48. The molecule has 0 bridgehead atoms. The number of rotatable bonds is 6. The van der Waals surface area contributed by atoms with Crippen molar-refractivity contribution in [2.24, 2.45) is 0 Å². The normalized spacial score (nSPS) is 10.6. The Kier molecular flexibility index (Phi) is 4.23. The number of nitrogens with zero attached hydrogens (tertiary/aromatic N) is 1. The van der Waals surface area contributed by atoms with Gasteiger partial charge in [-0.2, -0.15) is 4.98 Å². The lowest BCUT2D eigenvalue weighted by atomic mass is 10.2. The van der Waals surface area contributed by atoms with Gasteiger partial charge in [0.25, 0.3) is 6.01 Å². The molecule has 3 rings (SSSR count). The van der Waals surface area contributed by atoms with Gasteiger partial charge in [0.2, 0.25) is 5.75 Å². The van der Waals surface area contributed by atoms with Gasteiger partial charge in [0.05, 0.1) is 21.3 Å². The lowest BCUT2D eigenvalue weighted by Crippen LogP contribution is -2.02. The zero-order valence-corrected chi connectivity index (χ0v) is 13.3. The van der Waals surface area contributed by atoms with E-state index >= 15 is 0 Å². The monoisotopic (exact) mass is 314 g/mol. The highest BCUT2D eigenvalue weighted by Gasteiger charge is 2.13. The molecule has 6 heteroatoms. The Labute approximate surface area is 134 Å². The average molecular weight is 314 g/mol. The van der Waals surface area contributed by atoms with Crippen molar-refractivity contribution in [1.29, 1.82) is 0 Å². The lowest BCUT2D eigenvalue weighted by Gasteiger charge is -2.14. The first kappa shape index (κ1) is 15.0. The van der Waals surface area contributed by atoms with Crippen molar-refractivity contribution in [3.8, 4) is 17.2 Å². The van der Waals surface area contributed by atoms with Gasteiger partial charge in [-0.1, -0.05) is 12.1 Å². The molecule has 1 aromatic heterocycles. The zero-order valence-electron chi connectivity index (χ0n) is 13.3. The Morgan fingerprint density at radius 3 is 2.30 bits per heavy atom. The summed E-state index contributed by atoms with van der Waals surface area (Å²) in [5.41, 5.74) is 2.53. The van der Waals surface area contributed by atoms with Gasteiger partial charge in [-0.15, -0.1) is 0 Å². The molecule has 0 atom stereocenters. The summed E-state index contributed by atoms with van der Waals surface area (Å²) >= 11 is 0. The van der Waals surface area contributed by atoms with Crippen molar-refractivity contribution in [3.63, 3.8) is 0 Å². The molecule has 0 aliphatic carbocycles. The van der Waals surface area contributed by atoms with Crippen LogP contribution in [0.15, 0.2) is 40.8 Å². The van der Waals surface area contributed by atoms with Gasteiger partial charge in [-0.25, -0.2) is 0 Å². The van der Waals surface area contributed by atoms with Crippen molar-refractivity contribution in [2.45, 2.75) is 6.54 Å². The number of ether oxygens (including phenoxy) is 3. The van der Waals surface area contributed by atoms with E-state index in [1.165, 1.54) is 0 Å². The van der Waals surface area contributed by atoms with Crippen LogP contribution in [0.5, 0.6) is 17.2 Å². The second-order valence-electron chi connectivity index (χ2n) is 4.87. The van der Waals surface area contributed by atoms with Crippen LogP contribution in [0.2, 0.25) is 0 Å². The smallest absolute Gasteiger partial charge is 0.295 e. The van der Waals surface area contributed by atoms with Crippen LogP contribution < -0.4 is 19.5 Å². The molecule has 0 aliphatic heterocycles. The van der Waals surface area contributed by atoms with Gasteiger partial charge in [0.1, 0.15) is 5.52 Å². The Balaban J connectivity index is 1.82. The number of para-hydroxylation sites is 2. The van der Waals surface area contributed by atoms with E-state index in [-0.39, 0.29) is 0 Å². The average Bonchev–Trinajstić information content (AvgIpc) is 3.01. The van der Waals surface area contributed by atoms with Crippen molar-refractivity contribution in [1.82, 2.24) is 4.98 Å². The quantitative estimate of drug-likeness (QED) is 0.751. The zero-order chi connectivity index (χ0) is 16.2. The van der Waals surface area contributed by atoms with Crippen molar-refractivity contribution in [2.75, 3.05) is 26.6 Å². The van der Waals surface area contributed by atoms with Gasteiger partial charge in [0.15, 0.2) is 17.1 Å². The topological polar surface area (TPSA) is 65.8 Å².